The molecule has 384 valence electrons. The molecule has 5 aromatic carbocycles. The Labute approximate surface area is 425 Å². The second-order valence-corrected chi connectivity index (χ2v) is 20.9. The first kappa shape index (κ1) is 53.9. The highest BCUT2D eigenvalue weighted by atomic mass is 31.2. The van der Waals surface area contributed by atoms with E-state index in [-0.39, 0.29) is 13.2 Å². The standard InChI is InChI=1S/C59H78O10P2/c1-9-15-21-27-47-35-49(63-8)37-53(52-36-48(62-7)34-46(26-20-14-6)57(52)65-70-64-54-33-40(22-16-10-2)28-45(25-19-13-5)59(54)69-70)58(47)68-71-66-55-43(23-17-11-3)29-41(38-60)31-50(55)51-32-42(39-61)30-44(24-18-12-4)56(51)67-71/h28-37,60-61H,9-27,38-39H2,1-8H3. The predicted molar refractivity (Wildman–Crippen MR) is 291 cm³/mol. The average Bonchev–Trinajstić information content (AvgIpc) is 3.73. The predicted octanol–water partition coefficient (Wildman–Crippen LogP) is 17.3. The Hall–Kier alpha value is -4.85. The van der Waals surface area contributed by atoms with E-state index in [1.54, 1.807) is 14.2 Å². The van der Waals surface area contributed by atoms with E-state index in [1.165, 1.54) is 5.56 Å². The van der Waals surface area contributed by atoms with Crippen LogP contribution in [0.5, 0.6) is 34.5 Å². The maximum absolute atomic E-state index is 10.6. The van der Waals surface area contributed by atoms with Crippen molar-refractivity contribution in [2.24, 2.45) is 0 Å². The summed E-state index contributed by atoms with van der Waals surface area (Å²) in [4.78, 5) is 0. The fourth-order valence-electron chi connectivity index (χ4n) is 9.43. The smallest absolute Gasteiger partial charge is 0.497 e. The van der Waals surface area contributed by atoms with E-state index in [1.807, 2.05) is 36.4 Å². The van der Waals surface area contributed by atoms with Crippen LogP contribution in [0, 0.1) is 0 Å². The molecule has 6 aromatic rings. The maximum Gasteiger partial charge on any atom is 0.530 e. The Kier molecular flexibility index (Phi) is 20.3. The van der Waals surface area contributed by atoms with Crippen LogP contribution in [-0.2, 0) is 51.7 Å². The van der Waals surface area contributed by atoms with Crippen LogP contribution < -0.4 is 27.6 Å². The van der Waals surface area contributed by atoms with Crippen molar-refractivity contribution < 1.29 is 46.2 Å². The fraction of sp³-hybridized carbons (Fsp3) is 0.492. The van der Waals surface area contributed by atoms with Gasteiger partial charge in [0.2, 0.25) is 0 Å². The van der Waals surface area contributed by atoms with E-state index in [2.05, 4.69) is 65.8 Å². The summed E-state index contributed by atoms with van der Waals surface area (Å²) in [7, 11) is -0.677. The van der Waals surface area contributed by atoms with Gasteiger partial charge in [0.05, 0.1) is 27.4 Å². The molecule has 1 aliphatic rings. The molecule has 1 atom stereocenters. The van der Waals surface area contributed by atoms with Crippen LogP contribution in [0.3, 0.4) is 0 Å². The van der Waals surface area contributed by atoms with Crippen LogP contribution in [0.4, 0.5) is 0 Å². The van der Waals surface area contributed by atoms with Crippen molar-refractivity contribution in [2.45, 2.75) is 177 Å². The number of hydrogen-bond acceptors (Lipinski definition) is 10. The molecule has 1 aromatic heterocycles. The van der Waals surface area contributed by atoms with E-state index in [0.29, 0.717) is 40.6 Å². The molecule has 0 aliphatic carbocycles. The van der Waals surface area contributed by atoms with Crippen molar-refractivity contribution in [1.29, 1.82) is 0 Å². The third-order valence-corrected chi connectivity index (χ3v) is 15.4. The number of unbranched alkanes of at least 4 members (excludes halogenated alkanes) is 7. The molecule has 0 saturated carbocycles. The Morgan fingerprint density at radius 2 is 0.887 bits per heavy atom. The van der Waals surface area contributed by atoms with Gasteiger partial charge >= 0.3 is 16.8 Å². The largest absolute Gasteiger partial charge is 0.530 e. The van der Waals surface area contributed by atoms with Crippen molar-refractivity contribution in [3.63, 3.8) is 0 Å². The molecule has 1 aliphatic heterocycles. The van der Waals surface area contributed by atoms with Crippen molar-refractivity contribution in [2.75, 3.05) is 14.2 Å². The minimum absolute atomic E-state index is 0.123. The van der Waals surface area contributed by atoms with Gasteiger partial charge in [-0.2, -0.15) is 0 Å². The molecule has 1 unspecified atom stereocenters. The normalized spacial score (nSPS) is 13.1. The van der Waals surface area contributed by atoms with Gasteiger partial charge in [-0.15, -0.1) is 0 Å². The number of benzene rings is 5. The molecule has 0 radical (unpaired) electrons. The Bertz CT molecular complexity index is 2670. The van der Waals surface area contributed by atoms with E-state index in [9.17, 15) is 10.2 Å². The van der Waals surface area contributed by atoms with Crippen LogP contribution in [0.1, 0.15) is 170 Å². The van der Waals surface area contributed by atoms with Crippen LogP contribution >= 0.6 is 16.8 Å². The number of hydrogen-bond donors (Lipinski definition) is 2. The molecule has 2 heterocycles. The molecule has 7 rings (SSSR count). The van der Waals surface area contributed by atoms with E-state index < -0.39 is 16.8 Å². The molecule has 0 fully saturated rings. The summed E-state index contributed by atoms with van der Waals surface area (Å²) in [5.41, 5.74) is 10.7. The van der Waals surface area contributed by atoms with Crippen molar-refractivity contribution in [3.05, 3.63) is 105 Å². The molecule has 0 bridgehead atoms. The SMILES string of the molecule is CCCCCc1cc(OC)cc(-c2cc(OC)cc(CCCC)c2OP2Oc3cc(CCCC)cc(CCCC)c3O2)c1Op1oc2c(CCCC)cc(CO)cc2c2cc(CO)cc(CCCC)c2o1. The number of aryl methyl sites for hydroxylation is 6. The number of aliphatic hydroxyl groups excluding tert-OH is 2. The second kappa shape index (κ2) is 26.7. The quantitative estimate of drug-likeness (QED) is 0.0363. The summed E-state index contributed by atoms with van der Waals surface area (Å²) in [6.45, 7) is 12.9. The highest BCUT2D eigenvalue weighted by molar-refractivity contribution is 7.43. The lowest BCUT2D eigenvalue weighted by atomic mass is 9.94. The van der Waals surface area contributed by atoms with Crippen molar-refractivity contribution >= 4 is 38.8 Å². The summed E-state index contributed by atoms with van der Waals surface area (Å²) >= 11 is 0. The van der Waals surface area contributed by atoms with E-state index in [4.69, 9.17) is 36.0 Å². The first-order valence-corrected chi connectivity index (χ1v) is 28.7. The van der Waals surface area contributed by atoms with Gasteiger partial charge < -0.3 is 46.2 Å². The van der Waals surface area contributed by atoms with Gasteiger partial charge in [0.15, 0.2) is 11.5 Å². The molecule has 10 nitrogen and oxygen atoms in total. The molecule has 0 spiro atoms. The van der Waals surface area contributed by atoms with Crippen LogP contribution in [-0.4, -0.2) is 24.4 Å². The summed E-state index contributed by atoms with van der Waals surface area (Å²) in [6.07, 6.45) is 17.9. The van der Waals surface area contributed by atoms with Crippen molar-refractivity contribution in [1.82, 2.24) is 0 Å². The summed E-state index contributed by atoms with van der Waals surface area (Å²) in [5.74, 6) is 4.12. The minimum atomic E-state index is -2.18. The first-order valence-electron chi connectivity index (χ1n) is 26.5. The van der Waals surface area contributed by atoms with E-state index in [0.717, 1.165) is 188 Å². The Morgan fingerprint density at radius 3 is 1.38 bits per heavy atom. The summed E-state index contributed by atoms with van der Waals surface area (Å²) in [6, 6.07) is 20.7. The van der Waals surface area contributed by atoms with Gasteiger partial charge in [-0.1, -0.05) is 92.6 Å². The number of fused-ring (bicyclic) bond motifs is 4. The zero-order valence-electron chi connectivity index (χ0n) is 43.7. The third-order valence-electron chi connectivity index (χ3n) is 13.4. The number of methoxy groups -OCH3 is 2. The van der Waals surface area contributed by atoms with Gasteiger partial charge in [-0.3, -0.25) is 0 Å². The lowest BCUT2D eigenvalue weighted by Gasteiger charge is -2.22. The third kappa shape index (κ3) is 13.2. The van der Waals surface area contributed by atoms with Gasteiger partial charge in [0.1, 0.15) is 34.2 Å². The minimum Gasteiger partial charge on any atom is -0.497 e. The van der Waals surface area contributed by atoms with Gasteiger partial charge in [-0.25, -0.2) is 0 Å². The van der Waals surface area contributed by atoms with E-state index >= 15 is 0 Å². The highest BCUT2D eigenvalue weighted by Crippen LogP contribution is 2.58. The fourth-order valence-corrected chi connectivity index (χ4v) is 11.8. The topological polar surface area (TPSA) is 122 Å². The van der Waals surface area contributed by atoms with Crippen molar-refractivity contribution in [3.8, 4) is 45.6 Å². The molecular formula is C59H78O10P2. The van der Waals surface area contributed by atoms with Crippen LogP contribution in [0.15, 0.2) is 69.1 Å². The highest BCUT2D eigenvalue weighted by Gasteiger charge is 2.35. The van der Waals surface area contributed by atoms with Crippen LogP contribution in [0.25, 0.3) is 33.1 Å². The molecule has 0 amide bonds. The van der Waals surface area contributed by atoms with Crippen LogP contribution in [0.2, 0.25) is 0 Å². The van der Waals surface area contributed by atoms with Gasteiger partial charge in [0.25, 0.3) is 0 Å². The first-order chi connectivity index (χ1) is 34.7. The molecule has 12 heteroatoms. The maximum atomic E-state index is 10.6. The number of aliphatic hydroxyl groups is 2. The van der Waals surface area contributed by atoms with Gasteiger partial charge in [0, 0.05) is 21.9 Å². The molecular weight excluding hydrogens is 931 g/mol. The summed E-state index contributed by atoms with van der Waals surface area (Å²) < 4.78 is 54.5. The monoisotopic (exact) mass is 1010 g/mol. The number of ether oxygens (including phenoxy) is 2. The lowest BCUT2D eigenvalue weighted by molar-refractivity contribution is 0.281. The molecule has 71 heavy (non-hydrogen) atoms. The lowest BCUT2D eigenvalue weighted by Crippen LogP contribution is -2.03. The zero-order valence-corrected chi connectivity index (χ0v) is 45.5. The molecule has 2 N–H and O–H groups in total. The average molecular weight is 1010 g/mol. The van der Waals surface area contributed by atoms with Gasteiger partial charge in [-0.05, 0) is 176 Å². The Balaban J connectivity index is 1.48. The zero-order chi connectivity index (χ0) is 50.3. The summed E-state index contributed by atoms with van der Waals surface area (Å²) in [5, 5.41) is 22.8. The molecule has 0 saturated heterocycles. The Morgan fingerprint density at radius 1 is 0.437 bits per heavy atom. The number of rotatable bonds is 28. The second-order valence-electron chi connectivity index (χ2n) is 19.0.